The van der Waals surface area contributed by atoms with E-state index in [1.807, 2.05) is 0 Å². The molecule has 0 bridgehead atoms. The lowest BCUT2D eigenvalue weighted by Gasteiger charge is -2.05. The molecule has 1 rings (SSSR count). The first-order valence-electron chi connectivity index (χ1n) is 3.83. The molecule has 72 valence electrons. The van der Waals surface area contributed by atoms with Crippen LogP contribution < -0.4 is 10.6 Å². The number of nitrogens with zero attached hydrogens (tertiary/aromatic N) is 2. The van der Waals surface area contributed by atoms with Crippen molar-refractivity contribution >= 4 is 11.8 Å². The molecule has 1 heterocycles. The van der Waals surface area contributed by atoms with Gasteiger partial charge in [0.15, 0.2) is 11.6 Å². The molecule has 0 aromatic carbocycles. The number of halogens is 1. The van der Waals surface area contributed by atoms with E-state index in [9.17, 15) is 4.39 Å². The Morgan fingerprint density at radius 3 is 3.00 bits per heavy atom. The van der Waals surface area contributed by atoms with Gasteiger partial charge in [-0.2, -0.15) is 4.98 Å². The zero-order chi connectivity index (χ0) is 9.68. The summed E-state index contributed by atoms with van der Waals surface area (Å²) in [7, 11) is 1.64. The second-order valence-corrected chi connectivity index (χ2v) is 2.29. The van der Waals surface area contributed by atoms with Crippen LogP contribution in [0.1, 0.15) is 0 Å². The Morgan fingerprint density at radius 1 is 1.62 bits per heavy atom. The molecule has 0 aliphatic rings. The van der Waals surface area contributed by atoms with Crippen LogP contribution in [0.2, 0.25) is 0 Å². The van der Waals surface area contributed by atoms with Crippen LogP contribution in [-0.2, 0) is 0 Å². The molecule has 0 saturated carbocycles. The number of anilines is 2. The lowest BCUT2D eigenvalue weighted by molar-refractivity contribution is 0.310. The SMILES string of the molecule is CNc1ncc(F)c(NCCO)n1. The lowest BCUT2D eigenvalue weighted by atomic mass is 10.5. The molecule has 0 amide bonds. The summed E-state index contributed by atoms with van der Waals surface area (Å²) >= 11 is 0. The van der Waals surface area contributed by atoms with E-state index in [1.54, 1.807) is 7.05 Å². The summed E-state index contributed by atoms with van der Waals surface area (Å²) in [6, 6.07) is 0. The first-order chi connectivity index (χ1) is 6.27. The summed E-state index contributed by atoms with van der Waals surface area (Å²) in [5.74, 6) is -0.109. The van der Waals surface area contributed by atoms with Gasteiger partial charge in [0.2, 0.25) is 5.95 Å². The molecule has 1 aromatic heterocycles. The van der Waals surface area contributed by atoms with E-state index in [0.717, 1.165) is 6.20 Å². The summed E-state index contributed by atoms with van der Waals surface area (Å²) in [6.45, 7) is 0.190. The van der Waals surface area contributed by atoms with Crippen molar-refractivity contribution in [1.29, 1.82) is 0 Å². The summed E-state index contributed by atoms with van der Waals surface area (Å²) in [4.78, 5) is 7.47. The third-order valence-electron chi connectivity index (χ3n) is 1.37. The molecule has 0 saturated heterocycles. The van der Waals surface area contributed by atoms with Gasteiger partial charge in [0.05, 0.1) is 12.8 Å². The van der Waals surface area contributed by atoms with E-state index in [0.29, 0.717) is 5.95 Å². The van der Waals surface area contributed by atoms with Crippen LogP contribution in [-0.4, -0.2) is 35.3 Å². The third kappa shape index (κ3) is 2.51. The Kier molecular flexibility index (Phi) is 3.39. The monoisotopic (exact) mass is 186 g/mol. The number of nitrogens with one attached hydrogen (secondary N) is 2. The van der Waals surface area contributed by atoms with Crippen LogP contribution in [0.15, 0.2) is 6.20 Å². The van der Waals surface area contributed by atoms with Gasteiger partial charge in [0, 0.05) is 13.6 Å². The van der Waals surface area contributed by atoms with Crippen molar-refractivity contribution in [2.24, 2.45) is 0 Å². The van der Waals surface area contributed by atoms with Gasteiger partial charge in [0.1, 0.15) is 0 Å². The highest BCUT2D eigenvalue weighted by atomic mass is 19.1. The van der Waals surface area contributed by atoms with Gasteiger partial charge in [-0.3, -0.25) is 0 Å². The molecule has 6 heteroatoms. The maximum atomic E-state index is 12.9. The van der Waals surface area contributed by atoms with E-state index >= 15 is 0 Å². The van der Waals surface area contributed by atoms with Crippen molar-refractivity contribution in [2.45, 2.75) is 0 Å². The van der Waals surface area contributed by atoms with Crippen molar-refractivity contribution in [1.82, 2.24) is 9.97 Å². The molecule has 1 aromatic rings. The van der Waals surface area contributed by atoms with Gasteiger partial charge >= 0.3 is 0 Å². The van der Waals surface area contributed by atoms with E-state index in [4.69, 9.17) is 5.11 Å². The first-order valence-corrected chi connectivity index (χ1v) is 3.83. The van der Waals surface area contributed by atoms with Gasteiger partial charge in [0.25, 0.3) is 0 Å². The van der Waals surface area contributed by atoms with Crippen LogP contribution in [0.25, 0.3) is 0 Å². The first kappa shape index (κ1) is 9.66. The van der Waals surface area contributed by atoms with Crippen molar-refractivity contribution in [3.8, 4) is 0 Å². The maximum absolute atomic E-state index is 12.9. The predicted molar refractivity (Wildman–Crippen MR) is 47.1 cm³/mol. The van der Waals surface area contributed by atoms with E-state index in [-0.39, 0.29) is 19.0 Å². The highest BCUT2D eigenvalue weighted by Gasteiger charge is 2.04. The lowest BCUT2D eigenvalue weighted by Crippen LogP contribution is -2.10. The molecular formula is C7H11FN4O. The molecule has 5 nitrogen and oxygen atoms in total. The molecule has 0 unspecified atom stereocenters. The van der Waals surface area contributed by atoms with Gasteiger partial charge in [-0.25, -0.2) is 9.37 Å². The maximum Gasteiger partial charge on any atom is 0.224 e. The topological polar surface area (TPSA) is 70.1 Å². The molecule has 3 N–H and O–H groups in total. The van der Waals surface area contributed by atoms with Gasteiger partial charge in [-0.15, -0.1) is 0 Å². The Labute approximate surface area is 75.0 Å². The second-order valence-electron chi connectivity index (χ2n) is 2.29. The predicted octanol–water partition coefficient (Wildman–Crippen LogP) is 0.0616. The molecule has 0 spiro atoms. The van der Waals surface area contributed by atoms with E-state index in [2.05, 4.69) is 20.6 Å². The molecular weight excluding hydrogens is 175 g/mol. The van der Waals surface area contributed by atoms with Crippen LogP contribution in [0.3, 0.4) is 0 Å². The zero-order valence-electron chi connectivity index (χ0n) is 7.21. The minimum Gasteiger partial charge on any atom is -0.395 e. The molecule has 13 heavy (non-hydrogen) atoms. The molecule has 0 fully saturated rings. The van der Waals surface area contributed by atoms with Crippen molar-refractivity contribution < 1.29 is 9.50 Å². The van der Waals surface area contributed by atoms with Crippen molar-refractivity contribution in [3.63, 3.8) is 0 Å². The third-order valence-corrected chi connectivity index (χ3v) is 1.37. The fraction of sp³-hybridized carbons (Fsp3) is 0.429. The minimum absolute atomic E-state index is 0.0711. The largest absolute Gasteiger partial charge is 0.395 e. The van der Waals surface area contributed by atoms with Crippen molar-refractivity contribution in [3.05, 3.63) is 12.0 Å². The Bertz CT molecular complexity index is 281. The Balaban J connectivity index is 2.78. The van der Waals surface area contributed by atoms with Crippen molar-refractivity contribution in [2.75, 3.05) is 30.8 Å². The fourth-order valence-corrected chi connectivity index (χ4v) is 0.786. The summed E-state index contributed by atoms with van der Waals surface area (Å²) in [6.07, 6.45) is 1.07. The standard InChI is InChI=1S/C7H11FN4O/c1-9-7-11-4-5(8)6(12-7)10-2-3-13/h4,13H,2-3H2,1H3,(H2,9,10,11,12). The molecule has 0 radical (unpaired) electrons. The number of aliphatic hydroxyl groups excluding tert-OH is 1. The molecule has 0 aliphatic heterocycles. The minimum atomic E-state index is -0.535. The molecule has 0 aliphatic carbocycles. The number of hydrogen-bond acceptors (Lipinski definition) is 5. The Hall–Kier alpha value is -1.43. The zero-order valence-corrected chi connectivity index (χ0v) is 7.21. The van der Waals surface area contributed by atoms with Crippen LogP contribution in [0, 0.1) is 5.82 Å². The average molecular weight is 186 g/mol. The van der Waals surface area contributed by atoms with Crippen LogP contribution in [0.5, 0.6) is 0 Å². The van der Waals surface area contributed by atoms with E-state index < -0.39 is 5.82 Å². The number of hydrogen-bond donors (Lipinski definition) is 3. The number of aliphatic hydroxyl groups is 1. The fourth-order valence-electron chi connectivity index (χ4n) is 0.786. The quantitative estimate of drug-likeness (QED) is 0.620. The second kappa shape index (κ2) is 4.56. The van der Waals surface area contributed by atoms with E-state index in [1.165, 1.54) is 0 Å². The number of rotatable bonds is 4. The highest BCUT2D eigenvalue weighted by Crippen LogP contribution is 2.10. The van der Waals surface area contributed by atoms with Crippen LogP contribution >= 0.6 is 0 Å². The summed E-state index contributed by atoms with van der Waals surface area (Å²) in [5, 5.41) is 13.8. The number of aromatic nitrogens is 2. The Morgan fingerprint density at radius 2 is 2.38 bits per heavy atom. The average Bonchev–Trinajstić information content (AvgIpc) is 2.17. The normalized spacial score (nSPS) is 9.77. The smallest absolute Gasteiger partial charge is 0.224 e. The highest BCUT2D eigenvalue weighted by molar-refractivity contribution is 5.40. The summed E-state index contributed by atoms with van der Waals surface area (Å²) in [5.41, 5.74) is 0. The van der Waals surface area contributed by atoms with Gasteiger partial charge in [-0.1, -0.05) is 0 Å². The van der Waals surface area contributed by atoms with Gasteiger partial charge in [-0.05, 0) is 0 Å². The molecule has 0 atom stereocenters. The summed E-state index contributed by atoms with van der Waals surface area (Å²) < 4.78 is 12.9. The van der Waals surface area contributed by atoms with Gasteiger partial charge < -0.3 is 15.7 Å². The van der Waals surface area contributed by atoms with Crippen LogP contribution in [0.4, 0.5) is 16.2 Å².